The highest BCUT2D eigenvalue weighted by Gasteiger charge is 2.14. The van der Waals surface area contributed by atoms with E-state index in [4.69, 9.17) is 9.97 Å². The van der Waals surface area contributed by atoms with Gasteiger partial charge in [0.2, 0.25) is 0 Å². The molecule has 0 N–H and O–H groups in total. The lowest BCUT2D eigenvalue weighted by atomic mass is 9.98. The van der Waals surface area contributed by atoms with Gasteiger partial charge >= 0.3 is 0 Å². The van der Waals surface area contributed by atoms with Gasteiger partial charge in [0, 0.05) is 16.3 Å². The van der Waals surface area contributed by atoms with E-state index in [-0.39, 0.29) is 0 Å². The van der Waals surface area contributed by atoms with E-state index in [1.165, 1.54) is 37.5 Å². The number of imidazole rings is 1. The molecule has 4 heteroatoms. The number of rotatable bonds is 2. The number of fused-ring (bicyclic) bond motifs is 9. The molecular weight excluding hydrogens is 458 g/mol. The SMILES string of the molecule is c1ccc2sc(-c3ccc(-c4ccc5c(c4)c4ccccc4n4c6ccccc6nc54)cc3)nc2c1. The Morgan fingerprint density at radius 2 is 1.19 bits per heavy atom. The van der Waals surface area contributed by atoms with E-state index in [0.717, 1.165) is 32.8 Å². The highest BCUT2D eigenvalue weighted by atomic mass is 32.1. The molecule has 0 radical (unpaired) electrons. The van der Waals surface area contributed by atoms with E-state index in [0.29, 0.717) is 0 Å². The second-order valence-corrected chi connectivity index (χ2v) is 10.1. The van der Waals surface area contributed by atoms with Crippen LogP contribution in [0.3, 0.4) is 0 Å². The highest BCUT2D eigenvalue weighted by molar-refractivity contribution is 7.21. The molecule has 0 bridgehead atoms. The second-order valence-electron chi connectivity index (χ2n) is 9.10. The van der Waals surface area contributed by atoms with Crippen LogP contribution in [-0.4, -0.2) is 14.4 Å². The zero-order valence-corrected chi connectivity index (χ0v) is 20.0. The van der Waals surface area contributed by atoms with Crippen LogP contribution in [0, 0.1) is 0 Å². The average molecular weight is 478 g/mol. The third kappa shape index (κ3) is 2.85. The second kappa shape index (κ2) is 7.48. The molecule has 3 nitrogen and oxygen atoms in total. The quantitative estimate of drug-likeness (QED) is 0.233. The molecule has 0 atom stereocenters. The standard InChI is InChI=1S/C32H19N3S/c1-4-10-28-23(7-1)25-19-22(17-18-24(25)31-33-26-8-2-5-11-29(26)35(28)31)20-13-15-21(16-14-20)32-34-27-9-3-6-12-30(27)36-32/h1-19H. The predicted molar refractivity (Wildman–Crippen MR) is 152 cm³/mol. The van der Waals surface area contributed by atoms with Crippen LogP contribution in [0.5, 0.6) is 0 Å². The van der Waals surface area contributed by atoms with Gasteiger partial charge in [-0.25, -0.2) is 9.97 Å². The molecule has 8 rings (SSSR count). The smallest absolute Gasteiger partial charge is 0.146 e. The molecule has 36 heavy (non-hydrogen) atoms. The third-order valence-corrected chi connectivity index (χ3v) is 8.10. The molecule has 0 aliphatic carbocycles. The summed E-state index contributed by atoms with van der Waals surface area (Å²) in [5.74, 6) is 0. The molecule has 3 aromatic heterocycles. The van der Waals surface area contributed by atoms with Crippen LogP contribution in [0.2, 0.25) is 0 Å². The minimum Gasteiger partial charge on any atom is -0.292 e. The minimum atomic E-state index is 1.00. The van der Waals surface area contributed by atoms with Gasteiger partial charge < -0.3 is 0 Å². The molecule has 0 unspecified atom stereocenters. The Hall–Kier alpha value is -4.54. The number of benzene rings is 5. The zero-order valence-electron chi connectivity index (χ0n) is 19.2. The molecule has 0 aliphatic rings. The van der Waals surface area contributed by atoms with Crippen molar-refractivity contribution in [1.29, 1.82) is 0 Å². The van der Waals surface area contributed by atoms with Crippen LogP contribution in [0.4, 0.5) is 0 Å². The molecular formula is C32H19N3S. The number of hydrogen-bond acceptors (Lipinski definition) is 3. The summed E-state index contributed by atoms with van der Waals surface area (Å²) in [7, 11) is 0. The van der Waals surface area contributed by atoms with E-state index >= 15 is 0 Å². The maximum Gasteiger partial charge on any atom is 0.146 e. The van der Waals surface area contributed by atoms with Crippen molar-refractivity contribution >= 4 is 59.9 Å². The first-order valence-corrected chi connectivity index (χ1v) is 12.8. The van der Waals surface area contributed by atoms with Crippen molar-refractivity contribution in [2.45, 2.75) is 0 Å². The Morgan fingerprint density at radius 1 is 0.500 bits per heavy atom. The first-order valence-electron chi connectivity index (χ1n) is 12.0. The maximum atomic E-state index is 5.02. The van der Waals surface area contributed by atoms with E-state index in [1.54, 1.807) is 11.3 Å². The molecule has 5 aromatic carbocycles. The number of nitrogens with zero attached hydrogens (tertiary/aromatic N) is 3. The van der Waals surface area contributed by atoms with Crippen molar-refractivity contribution in [2.75, 3.05) is 0 Å². The fourth-order valence-corrected chi connectivity index (χ4v) is 6.26. The number of pyridine rings is 1. The van der Waals surface area contributed by atoms with E-state index in [2.05, 4.69) is 114 Å². The van der Waals surface area contributed by atoms with Gasteiger partial charge in [0.25, 0.3) is 0 Å². The zero-order chi connectivity index (χ0) is 23.6. The fraction of sp³-hybridized carbons (Fsp3) is 0. The van der Waals surface area contributed by atoms with Gasteiger partial charge in [0.1, 0.15) is 10.7 Å². The maximum absolute atomic E-state index is 5.02. The Kier molecular flexibility index (Phi) is 4.10. The van der Waals surface area contributed by atoms with Gasteiger partial charge in [-0.3, -0.25) is 4.40 Å². The predicted octanol–water partition coefficient (Wildman–Crippen LogP) is 8.74. The third-order valence-electron chi connectivity index (χ3n) is 7.02. The van der Waals surface area contributed by atoms with Crippen molar-refractivity contribution in [2.24, 2.45) is 0 Å². The van der Waals surface area contributed by atoms with Gasteiger partial charge in [-0.15, -0.1) is 11.3 Å². The van der Waals surface area contributed by atoms with Crippen LogP contribution in [0.15, 0.2) is 115 Å². The summed E-state index contributed by atoms with van der Waals surface area (Å²) in [6.07, 6.45) is 0. The fourth-order valence-electron chi connectivity index (χ4n) is 5.29. The van der Waals surface area contributed by atoms with E-state index < -0.39 is 0 Å². The molecule has 3 heterocycles. The lowest BCUT2D eigenvalue weighted by Gasteiger charge is -2.11. The van der Waals surface area contributed by atoms with Gasteiger partial charge in [-0.1, -0.05) is 72.8 Å². The van der Waals surface area contributed by atoms with E-state index in [9.17, 15) is 0 Å². The lowest BCUT2D eigenvalue weighted by Crippen LogP contribution is -1.91. The molecule has 0 saturated carbocycles. The molecule has 0 amide bonds. The summed E-state index contributed by atoms with van der Waals surface area (Å²) < 4.78 is 3.51. The summed E-state index contributed by atoms with van der Waals surface area (Å²) in [4.78, 5) is 9.83. The highest BCUT2D eigenvalue weighted by Crippen LogP contribution is 2.36. The van der Waals surface area contributed by atoms with Crippen molar-refractivity contribution in [3.63, 3.8) is 0 Å². The molecule has 0 aliphatic heterocycles. The number of aromatic nitrogens is 3. The first kappa shape index (κ1) is 19.7. The molecule has 8 aromatic rings. The largest absolute Gasteiger partial charge is 0.292 e. The summed E-state index contributed by atoms with van der Waals surface area (Å²) in [5, 5.41) is 4.68. The summed E-state index contributed by atoms with van der Waals surface area (Å²) in [5.41, 5.74) is 8.94. The molecule has 0 saturated heterocycles. The Morgan fingerprint density at radius 3 is 2.06 bits per heavy atom. The van der Waals surface area contributed by atoms with Gasteiger partial charge in [0.15, 0.2) is 0 Å². The molecule has 0 spiro atoms. The van der Waals surface area contributed by atoms with Crippen molar-refractivity contribution < 1.29 is 0 Å². The summed E-state index contributed by atoms with van der Waals surface area (Å²) in [6, 6.07) is 40.8. The van der Waals surface area contributed by atoms with Gasteiger partial charge in [0.05, 0.1) is 26.8 Å². The number of para-hydroxylation sites is 4. The molecule has 168 valence electrons. The Labute approximate surface area is 210 Å². The summed E-state index contributed by atoms with van der Waals surface area (Å²) >= 11 is 1.74. The number of thiazole rings is 1. The van der Waals surface area contributed by atoms with Crippen molar-refractivity contribution in [1.82, 2.24) is 14.4 Å². The minimum absolute atomic E-state index is 1.00. The van der Waals surface area contributed by atoms with Crippen LogP contribution in [0.25, 0.3) is 70.3 Å². The molecule has 0 fully saturated rings. The lowest BCUT2D eigenvalue weighted by molar-refractivity contribution is 1.31. The van der Waals surface area contributed by atoms with Gasteiger partial charge in [-0.05, 0) is 59.0 Å². The van der Waals surface area contributed by atoms with Crippen molar-refractivity contribution in [3.05, 3.63) is 115 Å². The van der Waals surface area contributed by atoms with Crippen LogP contribution in [0.1, 0.15) is 0 Å². The van der Waals surface area contributed by atoms with Crippen LogP contribution in [-0.2, 0) is 0 Å². The van der Waals surface area contributed by atoms with Crippen LogP contribution >= 0.6 is 11.3 Å². The Balaban J connectivity index is 1.31. The monoisotopic (exact) mass is 477 g/mol. The van der Waals surface area contributed by atoms with E-state index in [1.807, 2.05) is 6.07 Å². The topological polar surface area (TPSA) is 30.2 Å². The van der Waals surface area contributed by atoms with Gasteiger partial charge in [-0.2, -0.15) is 0 Å². The normalized spacial score (nSPS) is 11.9. The first-order chi connectivity index (χ1) is 17.8. The van der Waals surface area contributed by atoms with Crippen LogP contribution < -0.4 is 0 Å². The average Bonchev–Trinajstić information content (AvgIpc) is 3.55. The summed E-state index contributed by atoms with van der Waals surface area (Å²) in [6.45, 7) is 0. The van der Waals surface area contributed by atoms with Crippen molar-refractivity contribution in [3.8, 4) is 21.7 Å². The number of hydrogen-bond donors (Lipinski definition) is 0. The Bertz CT molecular complexity index is 2070.